The lowest BCUT2D eigenvalue weighted by atomic mass is 10.1. The molecule has 2 aromatic heterocycles. The van der Waals surface area contributed by atoms with E-state index in [0.29, 0.717) is 11.3 Å². The number of aromatic nitrogens is 3. The highest BCUT2D eigenvalue weighted by Gasteiger charge is 2.11. The molecule has 0 saturated heterocycles. The van der Waals surface area contributed by atoms with Crippen LogP contribution < -0.4 is 0 Å². The molecule has 0 fully saturated rings. The molecule has 150 valence electrons. The Hall–Kier alpha value is -4.25. The molecule has 5 rings (SSSR count). The van der Waals surface area contributed by atoms with Gasteiger partial charge in [-0.3, -0.25) is 9.55 Å². The number of nitrogens with zero attached hydrogens (tertiary/aromatic N) is 3. The van der Waals surface area contributed by atoms with Crippen molar-refractivity contribution in [1.29, 1.82) is 0 Å². The van der Waals surface area contributed by atoms with Gasteiger partial charge in [-0.15, -0.1) is 0 Å². The third kappa shape index (κ3) is 3.94. The number of benzene rings is 3. The highest BCUT2D eigenvalue weighted by atomic mass is 16.5. The molecule has 2 heterocycles. The van der Waals surface area contributed by atoms with Crippen molar-refractivity contribution in [2.75, 3.05) is 0 Å². The molecule has 0 amide bonds. The molecule has 0 unspecified atom stereocenters. The Balaban J connectivity index is 1.41. The van der Waals surface area contributed by atoms with Gasteiger partial charge in [-0.05, 0) is 53.6 Å². The first-order valence-electron chi connectivity index (χ1n) is 9.98. The molecule has 3 aromatic carbocycles. The summed E-state index contributed by atoms with van der Waals surface area (Å²) in [6.45, 7) is 0.139. The van der Waals surface area contributed by atoms with Gasteiger partial charge in [0.2, 0.25) is 0 Å². The molecule has 5 nitrogen and oxygen atoms in total. The van der Waals surface area contributed by atoms with E-state index in [1.807, 2.05) is 59.2 Å². The predicted octanol–water partition coefficient (Wildman–Crippen LogP) is 5.44. The largest absolute Gasteiger partial charge is 0.456 e. The van der Waals surface area contributed by atoms with E-state index in [9.17, 15) is 4.79 Å². The van der Waals surface area contributed by atoms with Crippen LogP contribution in [0, 0.1) is 0 Å². The fourth-order valence-corrected chi connectivity index (χ4v) is 3.52. The Morgan fingerprint density at radius 2 is 1.68 bits per heavy atom. The Labute approximate surface area is 179 Å². The van der Waals surface area contributed by atoms with E-state index < -0.39 is 0 Å². The van der Waals surface area contributed by atoms with Gasteiger partial charge in [-0.2, -0.15) is 0 Å². The first kappa shape index (κ1) is 18.8. The molecule has 0 aliphatic carbocycles. The maximum absolute atomic E-state index is 12.5. The number of carbonyl (C=O) groups is 1. The number of hydrogen-bond donors (Lipinski definition) is 0. The van der Waals surface area contributed by atoms with Crippen molar-refractivity contribution in [1.82, 2.24) is 14.5 Å². The van der Waals surface area contributed by atoms with E-state index in [0.717, 1.165) is 27.8 Å². The van der Waals surface area contributed by atoms with Crippen molar-refractivity contribution < 1.29 is 9.53 Å². The van der Waals surface area contributed by atoms with Gasteiger partial charge in [0.1, 0.15) is 12.9 Å². The Kier molecular flexibility index (Phi) is 4.99. The minimum Gasteiger partial charge on any atom is -0.456 e. The quantitative estimate of drug-likeness (QED) is 0.365. The second-order valence-corrected chi connectivity index (χ2v) is 7.13. The van der Waals surface area contributed by atoms with Crippen LogP contribution in [-0.2, 0) is 11.3 Å². The van der Waals surface area contributed by atoms with Gasteiger partial charge in [-0.25, -0.2) is 9.78 Å². The van der Waals surface area contributed by atoms with Crippen LogP contribution in [0.25, 0.3) is 27.8 Å². The zero-order chi connectivity index (χ0) is 21.0. The lowest BCUT2D eigenvalue weighted by Crippen LogP contribution is -2.07. The van der Waals surface area contributed by atoms with Crippen molar-refractivity contribution in [2.45, 2.75) is 6.61 Å². The van der Waals surface area contributed by atoms with Crippen LogP contribution >= 0.6 is 0 Å². The highest BCUT2D eigenvalue weighted by Crippen LogP contribution is 2.25. The van der Waals surface area contributed by atoms with E-state index >= 15 is 0 Å². The Morgan fingerprint density at radius 1 is 0.806 bits per heavy atom. The summed E-state index contributed by atoms with van der Waals surface area (Å²) < 4.78 is 7.38. The monoisotopic (exact) mass is 405 g/mol. The van der Waals surface area contributed by atoms with Crippen LogP contribution in [-0.4, -0.2) is 20.5 Å². The summed E-state index contributed by atoms with van der Waals surface area (Å²) in [5.74, 6) is -0.386. The number of pyridine rings is 1. The number of imidazole rings is 1. The number of rotatable bonds is 5. The second kappa shape index (κ2) is 8.24. The molecule has 0 aliphatic rings. The first-order chi connectivity index (χ1) is 15.3. The van der Waals surface area contributed by atoms with E-state index in [1.165, 1.54) is 0 Å². The summed E-state index contributed by atoms with van der Waals surface area (Å²) in [7, 11) is 0. The van der Waals surface area contributed by atoms with Gasteiger partial charge in [0.05, 0.1) is 22.3 Å². The average Bonchev–Trinajstić information content (AvgIpc) is 3.27. The number of fused-ring (bicyclic) bond motifs is 1. The van der Waals surface area contributed by atoms with Crippen LogP contribution in [0.1, 0.15) is 16.1 Å². The minimum atomic E-state index is -0.386. The van der Waals surface area contributed by atoms with Crippen LogP contribution in [0.15, 0.2) is 104 Å². The molecule has 0 spiro atoms. The lowest BCUT2D eigenvalue weighted by molar-refractivity contribution is 0.0467. The van der Waals surface area contributed by atoms with Crippen LogP contribution in [0.4, 0.5) is 0 Å². The predicted molar refractivity (Wildman–Crippen MR) is 120 cm³/mol. The third-order valence-electron chi connectivity index (χ3n) is 5.09. The molecule has 0 bridgehead atoms. The smallest absolute Gasteiger partial charge is 0.338 e. The van der Waals surface area contributed by atoms with E-state index in [-0.39, 0.29) is 12.6 Å². The number of carbonyl (C=O) groups excluding carboxylic acids is 1. The van der Waals surface area contributed by atoms with Crippen molar-refractivity contribution in [3.05, 3.63) is 115 Å². The highest BCUT2D eigenvalue weighted by molar-refractivity contribution is 5.90. The van der Waals surface area contributed by atoms with Crippen LogP contribution in [0.2, 0.25) is 0 Å². The first-order valence-corrected chi connectivity index (χ1v) is 9.98. The fraction of sp³-hybridized carbons (Fsp3) is 0.0385. The summed E-state index contributed by atoms with van der Waals surface area (Å²) in [4.78, 5) is 21.3. The van der Waals surface area contributed by atoms with Gasteiger partial charge in [0.15, 0.2) is 0 Å². The van der Waals surface area contributed by atoms with Crippen LogP contribution in [0.5, 0.6) is 0 Å². The zero-order valence-electron chi connectivity index (χ0n) is 16.7. The van der Waals surface area contributed by atoms with Crippen LogP contribution in [0.3, 0.4) is 0 Å². The molecule has 5 aromatic rings. The SMILES string of the molecule is O=C(OCc1ccccn1)c1cccc(-n2cnc3cc(-c4ccccc4)ccc32)c1. The molecule has 0 radical (unpaired) electrons. The molecule has 0 N–H and O–H groups in total. The molecule has 0 aliphatic heterocycles. The van der Waals surface area contributed by atoms with Crippen molar-refractivity contribution in [3.63, 3.8) is 0 Å². The van der Waals surface area contributed by atoms with Gasteiger partial charge < -0.3 is 4.74 Å². The summed E-state index contributed by atoms with van der Waals surface area (Å²) in [5.41, 5.74) is 6.17. The normalized spacial score (nSPS) is 10.8. The van der Waals surface area contributed by atoms with Crippen molar-refractivity contribution >= 4 is 17.0 Å². The number of ether oxygens (including phenoxy) is 1. The molecular weight excluding hydrogens is 386 g/mol. The molecule has 0 saturated carbocycles. The maximum Gasteiger partial charge on any atom is 0.338 e. The number of hydrogen-bond acceptors (Lipinski definition) is 4. The summed E-state index contributed by atoms with van der Waals surface area (Å²) in [6.07, 6.45) is 3.45. The summed E-state index contributed by atoms with van der Waals surface area (Å²) >= 11 is 0. The second-order valence-electron chi connectivity index (χ2n) is 7.13. The van der Waals surface area contributed by atoms with Gasteiger partial charge in [-0.1, -0.05) is 48.5 Å². The Bertz CT molecular complexity index is 1350. The molecule has 5 heteroatoms. The lowest BCUT2D eigenvalue weighted by Gasteiger charge is -2.08. The zero-order valence-corrected chi connectivity index (χ0v) is 16.7. The average molecular weight is 405 g/mol. The van der Waals surface area contributed by atoms with E-state index in [1.54, 1.807) is 18.6 Å². The summed E-state index contributed by atoms with van der Waals surface area (Å²) in [5, 5.41) is 0. The molecular formula is C26H19N3O2. The van der Waals surface area contributed by atoms with E-state index in [4.69, 9.17) is 4.74 Å². The summed E-state index contributed by atoms with van der Waals surface area (Å²) in [6, 6.07) is 29.3. The van der Waals surface area contributed by atoms with Gasteiger partial charge in [0.25, 0.3) is 0 Å². The van der Waals surface area contributed by atoms with Gasteiger partial charge >= 0.3 is 5.97 Å². The number of esters is 1. The minimum absolute atomic E-state index is 0.139. The maximum atomic E-state index is 12.5. The van der Waals surface area contributed by atoms with Gasteiger partial charge in [0, 0.05) is 11.9 Å². The van der Waals surface area contributed by atoms with Crippen molar-refractivity contribution in [3.8, 4) is 16.8 Å². The topological polar surface area (TPSA) is 57.0 Å². The van der Waals surface area contributed by atoms with E-state index in [2.05, 4.69) is 40.3 Å². The standard InChI is InChI=1S/C26H19N3O2/c30-26(31-17-22-10-4-5-14-27-22)21-9-6-11-23(15-21)29-18-28-24-16-20(12-13-25(24)29)19-7-2-1-3-8-19/h1-16,18H,17H2. The third-order valence-corrected chi connectivity index (χ3v) is 5.09. The van der Waals surface area contributed by atoms with Crippen molar-refractivity contribution in [2.24, 2.45) is 0 Å². The molecule has 0 atom stereocenters. The molecule has 31 heavy (non-hydrogen) atoms. The Morgan fingerprint density at radius 3 is 2.52 bits per heavy atom. The fourth-order valence-electron chi connectivity index (χ4n) is 3.52.